The van der Waals surface area contributed by atoms with Crippen LogP contribution in [-0.2, 0) is 0 Å². The summed E-state index contributed by atoms with van der Waals surface area (Å²) >= 11 is 0. The Kier molecular flexibility index (Phi) is 6.74. The van der Waals surface area contributed by atoms with Crippen molar-refractivity contribution in [1.82, 2.24) is 34.9 Å². The number of nitrogens with one attached hydrogen (secondary N) is 2. The van der Waals surface area contributed by atoms with Crippen LogP contribution >= 0.6 is 0 Å². The highest BCUT2D eigenvalue weighted by molar-refractivity contribution is 6.00. The molecule has 11 nitrogen and oxygen atoms in total. The maximum Gasteiger partial charge on any atom is 0.255 e. The molecule has 3 N–H and O–H groups in total. The molecule has 0 spiro atoms. The molecule has 1 atom stereocenters. The Balaban J connectivity index is 1.49. The van der Waals surface area contributed by atoms with Crippen molar-refractivity contribution in [2.75, 3.05) is 11.9 Å². The first-order valence-corrected chi connectivity index (χ1v) is 12.0. The summed E-state index contributed by atoms with van der Waals surface area (Å²) in [5, 5.41) is 37.0. The topological polar surface area (TPSA) is 146 Å². The van der Waals surface area contributed by atoms with Crippen LogP contribution in [0.1, 0.15) is 29.8 Å². The quantitative estimate of drug-likeness (QED) is 0.279. The first kappa shape index (κ1) is 25.5. The minimum atomic E-state index is -1.66. The van der Waals surface area contributed by atoms with E-state index in [4.69, 9.17) is 0 Å². The lowest BCUT2D eigenvalue weighted by Crippen LogP contribution is -2.42. The summed E-state index contributed by atoms with van der Waals surface area (Å²) < 4.78 is 17.6. The minimum absolute atomic E-state index is 0.183. The lowest BCUT2D eigenvalue weighted by Gasteiger charge is -2.22. The number of anilines is 2. The van der Waals surface area contributed by atoms with E-state index in [-0.39, 0.29) is 12.1 Å². The summed E-state index contributed by atoms with van der Waals surface area (Å²) in [6.45, 7) is 2.31. The molecule has 5 rings (SSSR count). The van der Waals surface area contributed by atoms with Gasteiger partial charge in [-0.05, 0) is 62.4 Å². The zero-order chi connectivity index (χ0) is 27.6. The van der Waals surface area contributed by atoms with E-state index in [9.17, 15) is 19.6 Å². The Morgan fingerprint density at radius 3 is 2.67 bits per heavy atom. The van der Waals surface area contributed by atoms with Crippen LogP contribution in [0.25, 0.3) is 22.6 Å². The van der Waals surface area contributed by atoms with Crippen molar-refractivity contribution in [1.29, 1.82) is 5.26 Å². The zero-order valence-electron chi connectivity index (χ0n) is 21.1. The molecule has 0 saturated heterocycles. The van der Waals surface area contributed by atoms with Gasteiger partial charge in [-0.15, -0.1) is 5.10 Å². The van der Waals surface area contributed by atoms with E-state index in [0.717, 1.165) is 5.69 Å². The number of hydrogen-bond acceptors (Lipinski definition) is 8. The van der Waals surface area contributed by atoms with Crippen molar-refractivity contribution < 1.29 is 14.3 Å². The molecule has 4 heterocycles. The molecule has 0 saturated carbocycles. The average molecular weight is 526 g/mol. The highest BCUT2D eigenvalue weighted by Crippen LogP contribution is 2.28. The number of fused-ring (bicyclic) bond motifs is 1. The normalized spacial score (nSPS) is 12.2. The van der Waals surface area contributed by atoms with E-state index in [1.54, 1.807) is 33.7 Å². The summed E-state index contributed by atoms with van der Waals surface area (Å²) in [4.78, 5) is 17.5. The van der Waals surface area contributed by atoms with E-state index in [2.05, 4.69) is 37.1 Å². The van der Waals surface area contributed by atoms with Crippen molar-refractivity contribution >= 4 is 22.8 Å². The first-order chi connectivity index (χ1) is 18.7. The lowest BCUT2D eigenvalue weighted by molar-refractivity contribution is -0.00177. The Morgan fingerprint density at radius 2 is 1.97 bits per heavy atom. The van der Waals surface area contributed by atoms with Crippen LogP contribution in [0, 0.1) is 11.3 Å². The van der Waals surface area contributed by atoms with Crippen LogP contribution in [0.3, 0.4) is 0 Å². The molecule has 5 aromatic rings. The van der Waals surface area contributed by atoms with Gasteiger partial charge in [0.25, 0.3) is 5.91 Å². The average Bonchev–Trinajstić information content (AvgIpc) is 3.61. The van der Waals surface area contributed by atoms with Crippen LogP contribution in [-0.4, -0.2) is 58.9 Å². The summed E-state index contributed by atoms with van der Waals surface area (Å²) in [6, 6.07) is 16.4. The van der Waals surface area contributed by atoms with E-state index in [1.165, 1.54) is 26.2 Å². The fourth-order valence-electron chi connectivity index (χ4n) is 3.86. The summed E-state index contributed by atoms with van der Waals surface area (Å²) in [5.41, 5.74) is 2.80. The van der Waals surface area contributed by atoms with Gasteiger partial charge in [-0.25, -0.2) is 13.6 Å². The molecule has 39 heavy (non-hydrogen) atoms. The molecule has 0 aliphatic heterocycles. The van der Waals surface area contributed by atoms with Gasteiger partial charge < -0.3 is 15.7 Å². The van der Waals surface area contributed by atoms with Gasteiger partial charge in [0, 0.05) is 11.9 Å². The number of halogens is 1. The Morgan fingerprint density at radius 1 is 1.18 bits per heavy atom. The Hall–Kier alpha value is -5.15. The second-order valence-electron chi connectivity index (χ2n) is 9.38. The van der Waals surface area contributed by atoms with Crippen molar-refractivity contribution in [3.8, 4) is 23.1 Å². The van der Waals surface area contributed by atoms with Gasteiger partial charge in [0.1, 0.15) is 12.2 Å². The molecule has 4 aromatic heterocycles. The summed E-state index contributed by atoms with van der Waals surface area (Å²) in [5.74, 6) is -0.556. The highest BCUT2D eigenvalue weighted by atomic mass is 19.1. The van der Waals surface area contributed by atoms with Gasteiger partial charge in [0.05, 0.1) is 70.1 Å². The number of nitriles is 1. The standard InChI is InChI=1S/C27H24FN9O2/c1-27(2,39)25(28)16-31-26(38)21-15-30-23(24-8-7-20-11-17(13-29)14-33-37(20)24)12-22(21)34-18-3-5-19(6-4-18)36-10-9-32-35-36/h3-12,14-15,25,39H,16H2,1-2H3,(H,30,34)(H,31,38). The third kappa shape index (κ3) is 5.43. The molecule has 0 bridgehead atoms. The van der Waals surface area contributed by atoms with E-state index < -0.39 is 17.7 Å². The van der Waals surface area contributed by atoms with Gasteiger partial charge in [-0.3, -0.25) is 9.78 Å². The van der Waals surface area contributed by atoms with Crippen LogP contribution in [0.2, 0.25) is 0 Å². The number of benzene rings is 1. The molecular weight excluding hydrogens is 501 g/mol. The second-order valence-corrected chi connectivity index (χ2v) is 9.38. The molecular formula is C27H24FN9O2. The number of aliphatic hydroxyl groups is 1. The molecule has 0 radical (unpaired) electrons. The Labute approximate surface area is 222 Å². The number of rotatable bonds is 8. The largest absolute Gasteiger partial charge is 0.387 e. The van der Waals surface area contributed by atoms with Gasteiger partial charge in [-0.2, -0.15) is 10.4 Å². The smallest absolute Gasteiger partial charge is 0.255 e. The zero-order valence-corrected chi connectivity index (χ0v) is 21.1. The molecule has 12 heteroatoms. The van der Waals surface area contributed by atoms with E-state index in [1.807, 2.05) is 36.4 Å². The van der Waals surface area contributed by atoms with Crippen LogP contribution in [0.15, 0.2) is 73.3 Å². The maximum absolute atomic E-state index is 14.3. The molecule has 0 fully saturated rings. The van der Waals surface area contributed by atoms with E-state index >= 15 is 0 Å². The van der Waals surface area contributed by atoms with Crippen molar-refractivity contribution in [3.63, 3.8) is 0 Å². The van der Waals surface area contributed by atoms with Crippen molar-refractivity contribution in [3.05, 3.63) is 84.4 Å². The number of amides is 1. The van der Waals surface area contributed by atoms with Gasteiger partial charge >= 0.3 is 0 Å². The summed E-state index contributed by atoms with van der Waals surface area (Å²) in [7, 11) is 0. The minimum Gasteiger partial charge on any atom is -0.387 e. The lowest BCUT2D eigenvalue weighted by atomic mass is 10.0. The SMILES string of the molecule is CC(C)(O)C(F)CNC(=O)c1cnc(-c2ccc3cc(C#N)cnn23)cc1Nc1ccc(-n2ccnn2)cc1. The maximum atomic E-state index is 14.3. The van der Waals surface area contributed by atoms with E-state index in [0.29, 0.717) is 33.8 Å². The number of pyridine rings is 1. The molecule has 1 unspecified atom stereocenters. The molecule has 1 amide bonds. The fraction of sp³-hybridized carbons (Fsp3) is 0.185. The predicted molar refractivity (Wildman–Crippen MR) is 141 cm³/mol. The monoisotopic (exact) mass is 525 g/mol. The van der Waals surface area contributed by atoms with Gasteiger partial charge in [-0.1, -0.05) is 5.21 Å². The number of alkyl halides is 1. The third-order valence-corrected chi connectivity index (χ3v) is 6.08. The Bertz CT molecular complexity index is 1670. The number of carbonyl (C=O) groups is 1. The van der Waals surface area contributed by atoms with Crippen molar-refractivity contribution in [2.45, 2.75) is 25.6 Å². The van der Waals surface area contributed by atoms with Crippen LogP contribution in [0.5, 0.6) is 0 Å². The van der Waals surface area contributed by atoms with Crippen LogP contribution < -0.4 is 10.6 Å². The predicted octanol–water partition coefficient (Wildman–Crippen LogP) is 3.43. The second kappa shape index (κ2) is 10.3. The molecule has 0 aliphatic carbocycles. The third-order valence-electron chi connectivity index (χ3n) is 6.08. The number of nitrogens with zero attached hydrogens (tertiary/aromatic N) is 7. The number of hydrogen-bond donors (Lipinski definition) is 3. The molecule has 0 aliphatic rings. The summed E-state index contributed by atoms with van der Waals surface area (Å²) in [6.07, 6.45) is 4.50. The number of carbonyl (C=O) groups excluding carboxylic acids is 1. The fourth-order valence-corrected chi connectivity index (χ4v) is 3.86. The highest BCUT2D eigenvalue weighted by Gasteiger charge is 2.27. The van der Waals surface area contributed by atoms with Crippen LogP contribution in [0.4, 0.5) is 15.8 Å². The van der Waals surface area contributed by atoms with Gasteiger partial charge in [0.2, 0.25) is 0 Å². The molecule has 196 valence electrons. The van der Waals surface area contributed by atoms with Gasteiger partial charge in [0.15, 0.2) is 0 Å². The first-order valence-electron chi connectivity index (χ1n) is 12.0. The molecule has 1 aromatic carbocycles. The number of aromatic nitrogens is 6. The van der Waals surface area contributed by atoms with Crippen molar-refractivity contribution in [2.24, 2.45) is 0 Å².